The summed E-state index contributed by atoms with van der Waals surface area (Å²) in [5.41, 5.74) is 2.08. The van der Waals surface area contributed by atoms with E-state index < -0.39 is 0 Å². The Balaban J connectivity index is 1.39. The molecule has 3 aromatic carbocycles. The maximum atomic E-state index is 12.7. The van der Waals surface area contributed by atoms with Crippen molar-refractivity contribution in [2.24, 2.45) is 0 Å². The van der Waals surface area contributed by atoms with Gasteiger partial charge in [-0.15, -0.1) is 0 Å². The number of amides is 2. The number of rotatable bonds is 3. The third-order valence-corrected chi connectivity index (χ3v) is 5.36. The smallest absolute Gasteiger partial charge is 0.321 e. The molecule has 0 unspecified atom stereocenters. The molecule has 1 heterocycles. The van der Waals surface area contributed by atoms with E-state index in [1.165, 1.54) is 10.9 Å². The van der Waals surface area contributed by atoms with Crippen LogP contribution in [0.5, 0.6) is 5.75 Å². The standard InChI is InChI=1S/C23H24N2O2/c1-27-22-9-5-4-8-21(22)18-12-14-25(15-13-18)23(26)24-20-11-10-17-6-2-3-7-19(17)16-20/h2-11,16,18H,12-15H2,1H3,(H,24,26). The zero-order valence-electron chi connectivity index (χ0n) is 15.5. The Morgan fingerprint density at radius 1 is 0.963 bits per heavy atom. The molecular weight excluding hydrogens is 336 g/mol. The van der Waals surface area contributed by atoms with Gasteiger partial charge in [-0.3, -0.25) is 0 Å². The lowest BCUT2D eigenvalue weighted by atomic mass is 9.89. The SMILES string of the molecule is COc1ccccc1C1CCN(C(=O)Nc2ccc3ccccc3c2)CC1. The Morgan fingerprint density at radius 3 is 2.44 bits per heavy atom. The van der Waals surface area contributed by atoms with Crippen LogP contribution < -0.4 is 10.1 Å². The third-order valence-electron chi connectivity index (χ3n) is 5.36. The molecule has 138 valence electrons. The van der Waals surface area contributed by atoms with Gasteiger partial charge in [0, 0.05) is 18.8 Å². The number of nitrogens with one attached hydrogen (secondary N) is 1. The van der Waals surface area contributed by atoms with Crippen molar-refractivity contribution < 1.29 is 9.53 Å². The molecule has 0 atom stereocenters. The average Bonchev–Trinajstić information content (AvgIpc) is 2.73. The number of urea groups is 1. The zero-order valence-corrected chi connectivity index (χ0v) is 15.5. The zero-order chi connectivity index (χ0) is 18.6. The molecule has 1 N–H and O–H groups in total. The first-order valence-corrected chi connectivity index (χ1v) is 9.42. The Morgan fingerprint density at radius 2 is 1.67 bits per heavy atom. The molecule has 2 amide bonds. The van der Waals surface area contributed by atoms with E-state index in [-0.39, 0.29) is 6.03 Å². The van der Waals surface area contributed by atoms with Crippen LogP contribution in [-0.4, -0.2) is 31.1 Å². The van der Waals surface area contributed by atoms with Crippen molar-refractivity contribution in [3.63, 3.8) is 0 Å². The second kappa shape index (κ2) is 7.70. The van der Waals surface area contributed by atoms with Gasteiger partial charge in [0.05, 0.1) is 7.11 Å². The maximum Gasteiger partial charge on any atom is 0.321 e. The molecule has 0 bridgehead atoms. The fourth-order valence-electron chi connectivity index (χ4n) is 3.87. The Kier molecular flexibility index (Phi) is 4.97. The van der Waals surface area contributed by atoms with Crippen molar-refractivity contribution in [2.75, 3.05) is 25.5 Å². The van der Waals surface area contributed by atoms with E-state index in [1.54, 1.807) is 7.11 Å². The second-order valence-corrected chi connectivity index (χ2v) is 7.00. The van der Waals surface area contributed by atoms with Gasteiger partial charge in [-0.2, -0.15) is 0 Å². The summed E-state index contributed by atoms with van der Waals surface area (Å²) in [7, 11) is 1.71. The summed E-state index contributed by atoms with van der Waals surface area (Å²) in [6.45, 7) is 1.50. The highest BCUT2D eigenvalue weighted by Crippen LogP contribution is 2.34. The normalized spacial score (nSPS) is 14.9. The lowest BCUT2D eigenvalue weighted by molar-refractivity contribution is 0.194. The summed E-state index contributed by atoms with van der Waals surface area (Å²) >= 11 is 0. The van der Waals surface area contributed by atoms with Gasteiger partial charge in [-0.05, 0) is 53.3 Å². The summed E-state index contributed by atoms with van der Waals surface area (Å²) in [6.07, 6.45) is 1.90. The third kappa shape index (κ3) is 3.75. The van der Waals surface area contributed by atoms with E-state index in [0.29, 0.717) is 5.92 Å². The molecule has 1 fully saturated rings. The van der Waals surface area contributed by atoms with Crippen LogP contribution in [0.15, 0.2) is 66.7 Å². The summed E-state index contributed by atoms with van der Waals surface area (Å²) in [4.78, 5) is 14.6. The quantitative estimate of drug-likeness (QED) is 0.692. The lowest BCUT2D eigenvalue weighted by Gasteiger charge is -2.32. The fraction of sp³-hybridized carbons (Fsp3) is 0.261. The number of hydrogen-bond donors (Lipinski definition) is 1. The minimum absolute atomic E-state index is 0.0243. The van der Waals surface area contributed by atoms with Gasteiger partial charge < -0.3 is 15.0 Å². The van der Waals surface area contributed by atoms with E-state index in [0.717, 1.165) is 42.8 Å². The average molecular weight is 360 g/mol. The van der Waals surface area contributed by atoms with Crippen molar-refractivity contribution in [3.8, 4) is 5.75 Å². The van der Waals surface area contributed by atoms with Gasteiger partial charge >= 0.3 is 6.03 Å². The van der Waals surface area contributed by atoms with Crippen LogP contribution in [0.3, 0.4) is 0 Å². The Labute approximate surface area is 159 Å². The number of ether oxygens (including phenoxy) is 1. The molecule has 4 nitrogen and oxygen atoms in total. The van der Waals surface area contributed by atoms with Crippen LogP contribution in [0.25, 0.3) is 10.8 Å². The number of benzene rings is 3. The highest BCUT2D eigenvalue weighted by atomic mass is 16.5. The number of piperidine rings is 1. The molecular formula is C23H24N2O2. The van der Waals surface area contributed by atoms with Crippen LogP contribution >= 0.6 is 0 Å². The molecule has 3 aromatic rings. The molecule has 4 rings (SSSR count). The van der Waals surface area contributed by atoms with Gasteiger partial charge in [-0.1, -0.05) is 48.5 Å². The number of carbonyl (C=O) groups is 1. The van der Waals surface area contributed by atoms with E-state index >= 15 is 0 Å². The minimum Gasteiger partial charge on any atom is -0.496 e. The molecule has 0 aromatic heterocycles. The predicted octanol–water partition coefficient (Wildman–Crippen LogP) is 5.26. The Bertz CT molecular complexity index is 946. The van der Waals surface area contributed by atoms with Crippen molar-refractivity contribution in [2.45, 2.75) is 18.8 Å². The molecule has 0 spiro atoms. The number of para-hydroxylation sites is 1. The fourth-order valence-corrected chi connectivity index (χ4v) is 3.87. The molecule has 27 heavy (non-hydrogen) atoms. The van der Waals surface area contributed by atoms with Crippen LogP contribution in [0.4, 0.5) is 10.5 Å². The largest absolute Gasteiger partial charge is 0.496 e. The van der Waals surface area contributed by atoms with Gasteiger partial charge in [-0.25, -0.2) is 4.79 Å². The molecule has 4 heteroatoms. The van der Waals surface area contributed by atoms with Gasteiger partial charge in [0.1, 0.15) is 5.75 Å². The molecule has 0 aliphatic carbocycles. The summed E-state index contributed by atoms with van der Waals surface area (Å²) in [5.74, 6) is 1.38. The number of fused-ring (bicyclic) bond motifs is 1. The molecule has 0 radical (unpaired) electrons. The number of methoxy groups -OCH3 is 1. The Hall–Kier alpha value is -3.01. The first-order chi connectivity index (χ1) is 13.2. The monoisotopic (exact) mass is 360 g/mol. The van der Waals surface area contributed by atoms with E-state index in [4.69, 9.17) is 4.74 Å². The molecule has 1 aliphatic heterocycles. The molecule has 1 saturated heterocycles. The number of carbonyl (C=O) groups excluding carboxylic acids is 1. The van der Waals surface area contributed by atoms with Crippen LogP contribution in [-0.2, 0) is 0 Å². The number of likely N-dealkylation sites (tertiary alicyclic amines) is 1. The van der Waals surface area contributed by atoms with Crippen molar-refractivity contribution >= 4 is 22.5 Å². The van der Waals surface area contributed by atoms with Crippen LogP contribution in [0.1, 0.15) is 24.3 Å². The predicted molar refractivity (Wildman–Crippen MR) is 110 cm³/mol. The summed E-state index contributed by atoms with van der Waals surface area (Å²) in [6, 6.07) is 22.4. The maximum absolute atomic E-state index is 12.7. The highest BCUT2D eigenvalue weighted by Gasteiger charge is 2.25. The summed E-state index contributed by atoms with van der Waals surface area (Å²) < 4.78 is 5.49. The van der Waals surface area contributed by atoms with Crippen LogP contribution in [0.2, 0.25) is 0 Å². The molecule has 0 saturated carbocycles. The molecule has 1 aliphatic rings. The lowest BCUT2D eigenvalue weighted by Crippen LogP contribution is -2.40. The van der Waals surface area contributed by atoms with E-state index in [1.807, 2.05) is 47.4 Å². The minimum atomic E-state index is -0.0243. The second-order valence-electron chi connectivity index (χ2n) is 7.00. The van der Waals surface area contributed by atoms with Crippen molar-refractivity contribution in [1.29, 1.82) is 0 Å². The first-order valence-electron chi connectivity index (χ1n) is 9.42. The highest BCUT2D eigenvalue weighted by molar-refractivity contribution is 5.93. The van der Waals surface area contributed by atoms with Crippen molar-refractivity contribution in [1.82, 2.24) is 4.90 Å². The number of hydrogen-bond acceptors (Lipinski definition) is 2. The van der Waals surface area contributed by atoms with Gasteiger partial charge in [0.2, 0.25) is 0 Å². The number of nitrogens with zero attached hydrogens (tertiary/aromatic N) is 1. The van der Waals surface area contributed by atoms with Crippen LogP contribution in [0, 0.1) is 0 Å². The van der Waals surface area contributed by atoms with Gasteiger partial charge in [0.25, 0.3) is 0 Å². The summed E-state index contributed by atoms with van der Waals surface area (Å²) in [5, 5.41) is 5.35. The first kappa shape index (κ1) is 17.4. The topological polar surface area (TPSA) is 41.6 Å². The number of anilines is 1. The van der Waals surface area contributed by atoms with E-state index in [2.05, 4.69) is 29.6 Å². The van der Waals surface area contributed by atoms with E-state index in [9.17, 15) is 4.79 Å². The van der Waals surface area contributed by atoms with Crippen molar-refractivity contribution in [3.05, 3.63) is 72.3 Å². The van der Waals surface area contributed by atoms with Gasteiger partial charge in [0.15, 0.2) is 0 Å².